The zero-order valence-corrected chi connectivity index (χ0v) is 15.8. The van der Waals surface area contributed by atoms with E-state index in [0.717, 1.165) is 30.1 Å². The molecule has 1 saturated heterocycles. The lowest BCUT2D eigenvalue weighted by Gasteiger charge is -2.32. The molecule has 0 unspecified atom stereocenters. The molecule has 2 heterocycles. The van der Waals surface area contributed by atoms with Crippen LogP contribution in [0.2, 0.25) is 0 Å². The van der Waals surface area contributed by atoms with Gasteiger partial charge in [0.05, 0.1) is 10.5 Å². The Labute approximate surface area is 156 Å². The largest absolute Gasteiger partial charge is 0.416 e. The number of rotatable bonds is 4. The van der Waals surface area contributed by atoms with E-state index in [9.17, 15) is 21.6 Å². The summed E-state index contributed by atoms with van der Waals surface area (Å²) in [6.45, 7) is 4.63. The first-order chi connectivity index (χ1) is 12.6. The smallest absolute Gasteiger partial charge is 0.314 e. The van der Waals surface area contributed by atoms with E-state index in [2.05, 4.69) is 10.2 Å². The average Bonchev–Trinajstić information content (AvgIpc) is 3.11. The van der Waals surface area contributed by atoms with Crippen molar-refractivity contribution in [2.75, 3.05) is 13.1 Å². The lowest BCUT2D eigenvalue weighted by molar-refractivity contribution is -0.137. The molecule has 0 amide bonds. The molecule has 0 saturated carbocycles. The predicted molar refractivity (Wildman–Crippen MR) is 92.6 cm³/mol. The number of benzene rings is 1. The van der Waals surface area contributed by atoms with E-state index in [4.69, 9.17) is 0 Å². The highest BCUT2D eigenvalue weighted by Crippen LogP contribution is 2.32. The molecule has 1 aliphatic rings. The topological polar surface area (TPSA) is 68.1 Å². The van der Waals surface area contributed by atoms with Gasteiger partial charge in [-0.3, -0.25) is 0 Å². The maximum atomic E-state index is 12.7. The van der Waals surface area contributed by atoms with E-state index in [1.807, 2.05) is 18.4 Å². The maximum absolute atomic E-state index is 12.7. The van der Waals surface area contributed by atoms with Crippen LogP contribution in [-0.2, 0) is 16.2 Å². The summed E-state index contributed by atoms with van der Waals surface area (Å²) in [5.74, 6) is 1.07. The summed E-state index contributed by atoms with van der Waals surface area (Å²) in [5, 5.41) is 8.07. The van der Waals surface area contributed by atoms with Gasteiger partial charge in [0.1, 0.15) is 12.2 Å². The molecule has 0 aliphatic carbocycles. The van der Waals surface area contributed by atoms with Crippen molar-refractivity contribution in [2.24, 2.45) is 0 Å². The summed E-state index contributed by atoms with van der Waals surface area (Å²) in [6.07, 6.45) is -1.64. The highest BCUT2D eigenvalue weighted by molar-refractivity contribution is 7.89. The van der Waals surface area contributed by atoms with Gasteiger partial charge in [0.15, 0.2) is 0 Å². The van der Waals surface area contributed by atoms with E-state index in [1.165, 1.54) is 4.31 Å². The van der Waals surface area contributed by atoms with Crippen molar-refractivity contribution in [3.05, 3.63) is 42.0 Å². The first-order valence-corrected chi connectivity index (χ1v) is 10.1. The van der Waals surface area contributed by atoms with Crippen molar-refractivity contribution < 1.29 is 21.6 Å². The van der Waals surface area contributed by atoms with E-state index in [0.29, 0.717) is 25.9 Å². The molecule has 0 bridgehead atoms. The molecule has 3 rings (SSSR count). The monoisotopic (exact) mass is 402 g/mol. The molecule has 1 aromatic heterocycles. The molecule has 2 aromatic rings. The van der Waals surface area contributed by atoms with Crippen LogP contribution in [0.5, 0.6) is 0 Å². The highest BCUT2D eigenvalue weighted by atomic mass is 32.2. The summed E-state index contributed by atoms with van der Waals surface area (Å²) < 4.78 is 66.8. The van der Waals surface area contributed by atoms with Crippen molar-refractivity contribution in [1.29, 1.82) is 0 Å². The molecule has 0 spiro atoms. The number of alkyl halides is 3. The Morgan fingerprint density at radius 1 is 1.11 bits per heavy atom. The minimum atomic E-state index is -4.49. The van der Waals surface area contributed by atoms with Gasteiger partial charge in [0.2, 0.25) is 10.0 Å². The Morgan fingerprint density at radius 2 is 1.70 bits per heavy atom. The molecule has 6 nitrogen and oxygen atoms in total. The standard InChI is InChI=1S/C17H21F3N4O2S/c1-12(2)16-22-21-11-24(16)14-7-9-23(10-8-14)27(25,26)15-5-3-13(4-6-15)17(18,19)20/h3-6,11-12,14H,7-10H2,1-2H3. The van der Waals surface area contributed by atoms with Gasteiger partial charge in [0, 0.05) is 25.0 Å². The fraction of sp³-hybridized carbons (Fsp3) is 0.529. The number of aromatic nitrogens is 3. The van der Waals surface area contributed by atoms with Crippen LogP contribution in [0.1, 0.15) is 50.0 Å². The third-order valence-corrected chi connectivity index (χ3v) is 6.67. The van der Waals surface area contributed by atoms with E-state index in [-0.39, 0.29) is 16.9 Å². The summed E-state index contributed by atoms with van der Waals surface area (Å²) in [6, 6.07) is 3.73. The zero-order valence-electron chi connectivity index (χ0n) is 15.0. The Kier molecular flexibility index (Phi) is 5.31. The van der Waals surface area contributed by atoms with E-state index >= 15 is 0 Å². The number of hydrogen-bond donors (Lipinski definition) is 0. The van der Waals surface area contributed by atoms with Gasteiger partial charge in [-0.15, -0.1) is 10.2 Å². The number of piperidine rings is 1. The molecule has 27 heavy (non-hydrogen) atoms. The summed E-state index contributed by atoms with van der Waals surface area (Å²) in [5.41, 5.74) is -0.867. The zero-order chi connectivity index (χ0) is 19.8. The molecule has 1 aliphatic heterocycles. The van der Waals surface area contributed by atoms with Crippen LogP contribution < -0.4 is 0 Å². The summed E-state index contributed by atoms with van der Waals surface area (Å²) in [7, 11) is -3.82. The number of nitrogens with zero attached hydrogens (tertiary/aromatic N) is 4. The quantitative estimate of drug-likeness (QED) is 0.786. The first kappa shape index (κ1) is 19.8. The highest BCUT2D eigenvalue weighted by Gasteiger charge is 2.33. The molecule has 1 fully saturated rings. The van der Waals surface area contributed by atoms with Crippen molar-refractivity contribution in [3.8, 4) is 0 Å². The number of sulfonamides is 1. The third kappa shape index (κ3) is 4.01. The number of hydrogen-bond acceptors (Lipinski definition) is 4. The summed E-state index contributed by atoms with van der Waals surface area (Å²) in [4.78, 5) is -0.124. The maximum Gasteiger partial charge on any atom is 0.416 e. The van der Waals surface area contributed by atoms with Crippen LogP contribution in [0.3, 0.4) is 0 Å². The van der Waals surface area contributed by atoms with Gasteiger partial charge in [-0.25, -0.2) is 8.42 Å². The molecule has 0 atom stereocenters. The van der Waals surface area contributed by atoms with E-state index < -0.39 is 21.8 Å². The Bertz CT molecular complexity index is 884. The molecule has 148 valence electrons. The molecule has 0 radical (unpaired) electrons. The lowest BCUT2D eigenvalue weighted by atomic mass is 10.1. The minimum absolute atomic E-state index is 0.108. The van der Waals surface area contributed by atoms with Crippen LogP contribution in [0.25, 0.3) is 0 Å². The molecule has 0 N–H and O–H groups in total. The van der Waals surface area contributed by atoms with Gasteiger partial charge in [0.25, 0.3) is 0 Å². The number of halogens is 3. The average molecular weight is 402 g/mol. The first-order valence-electron chi connectivity index (χ1n) is 8.67. The van der Waals surface area contributed by atoms with Crippen molar-refractivity contribution in [3.63, 3.8) is 0 Å². The Morgan fingerprint density at radius 3 is 2.22 bits per heavy atom. The second-order valence-corrected chi connectivity index (χ2v) is 8.85. The Hall–Kier alpha value is -1.94. The fourth-order valence-electron chi connectivity index (χ4n) is 3.27. The van der Waals surface area contributed by atoms with Crippen LogP contribution in [0, 0.1) is 0 Å². The van der Waals surface area contributed by atoms with Crippen molar-refractivity contribution >= 4 is 10.0 Å². The van der Waals surface area contributed by atoms with Crippen LogP contribution in [0.15, 0.2) is 35.5 Å². The molecule has 10 heteroatoms. The third-order valence-electron chi connectivity index (χ3n) is 4.75. The minimum Gasteiger partial charge on any atom is -0.314 e. The molecule has 1 aromatic carbocycles. The Balaban J connectivity index is 1.72. The van der Waals surface area contributed by atoms with E-state index in [1.54, 1.807) is 6.33 Å². The van der Waals surface area contributed by atoms with Crippen LogP contribution >= 0.6 is 0 Å². The molecular weight excluding hydrogens is 381 g/mol. The van der Waals surface area contributed by atoms with Crippen molar-refractivity contribution in [1.82, 2.24) is 19.1 Å². The van der Waals surface area contributed by atoms with Gasteiger partial charge in [-0.05, 0) is 37.1 Å². The van der Waals surface area contributed by atoms with Gasteiger partial charge >= 0.3 is 6.18 Å². The van der Waals surface area contributed by atoms with Gasteiger partial charge < -0.3 is 4.57 Å². The summed E-state index contributed by atoms with van der Waals surface area (Å²) >= 11 is 0. The van der Waals surface area contributed by atoms with Gasteiger partial charge in [-0.1, -0.05) is 13.8 Å². The van der Waals surface area contributed by atoms with Crippen LogP contribution in [0.4, 0.5) is 13.2 Å². The molecular formula is C17H21F3N4O2S. The fourth-order valence-corrected chi connectivity index (χ4v) is 4.74. The second-order valence-electron chi connectivity index (χ2n) is 6.91. The second kappa shape index (κ2) is 7.23. The van der Waals surface area contributed by atoms with Crippen molar-refractivity contribution in [2.45, 2.75) is 49.7 Å². The predicted octanol–water partition coefficient (Wildman–Crippen LogP) is 3.45. The normalized spacial score (nSPS) is 17.6. The SMILES string of the molecule is CC(C)c1nncn1C1CCN(S(=O)(=O)c2ccc(C(F)(F)F)cc2)CC1. The van der Waals surface area contributed by atoms with Crippen LogP contribution in [-0.4, -0.2) is 40.6 Å². The van der Waals surface area contributed by atoms with Gasteiger partial charge in [-0.2, -0.15) is 17.5 Å². The lowest BCUT2D eigenvalue weighted by Crippen LogP contribution is -2.39.